The zero-order valence-corrected chi connectivity index (χ0v) is 10.1. The average Bonchev–Trinajstić information content (AvgIpc) is 2.28. The normalized spacial score (nSPS) is 25.1. The van der Waals surface area contributed by atoms with Crippen LogP contribution >= 0.6 is 0 Å². The molecule has 0 aliphatic carbocycles. The Morgan fingerprint density at radius 1 is 1.25 bits per heavy atom. The van der Waals surface area contributed by atoms with Crippen LogP contribution in [0, 0.1) is 0 Å². The first-order chi connectivity index (χ1) is 7.60. The molecule has 0 unspecified atom stereocenters. The molecule has 0 bridgehead atoms. The molecule has 1 rings (SSSR count). The summed E-state index contributed by atoms with van der Waals surface area (Å²) in [7, 11) is 2.72. The number of likely N-dealkylation sites (tertiary alicyclic amines) is 1. The topological polar surface area (TPSA) is 55.8 Å². The van der Waals surface area contributed by atoms with Crippen molar-refractivity contribution in [3.05, 3.63) is 0 Å². The number of methoxy groups -OCH3 is 2. The van der Waals surface area contributed by atoms with Gasteiger partial charge in [-0.2, -0.15) is 0 Å². The maximum Gasteiger partial charge on any atom is 0.409 e. The maximum atomic E-state index is 11.6. The van der Waals surface area contributed by atoms with Crippen LogP contribution in [0.2, 0.25) is 0 Å². The quantitative estimate of drug-likeness (QED) is 0.674. The van der Waals surface area contributed by atoms with Crippen molar-refractivity contribution < 1.29 is 19.1 Å². The number of hydrogen-bond donors (Lipinski definition) is 0. The Kier molecular flexibility index (Phi) is 4.58. The number of amides is 1. The Hall–Kier alpha value is -1.26. The lowest BCUT2D eigenvalue weighted by molar-refractivity contribution is -0.142. The van der Waals surface area contributed by atoms with Gasteiger partial charge in [-0.3, -0.25) is 4.79 Å². The number of rotatable bonds is 2. The maximum absolute atomic E-state index is 11.6. The van der Waals surface area contributed by atoms with Crippen LogP contribution in [0.15, 0.2) is 0 Å². The van der Waals surface area contributed by atoms with Crippen molar-refractivity contribution in [1.82, 2.24) is 4.90 Å². The van der Waals surface area contributed by atoms with Crippen molar-refractivity contribution in [2.45, 2.75) is 44.7 Å². The molecule has 1 saturated heterocycles. The van der Waals surface area contributed by atoms with E-state index in [0.717, 1.165) is 19.3 Å². The summed E-state index contributed by atoms with van der Waals surface area (Å²) in [4.78, 5) is 24.5. The summed E-state index contributed by atoms with van der Waals surface area (Å²) in [5.74, 6) is -0.284. The van der Waals surface area contributed by atoms with Gasteiger partial charge >= 0.3 is 12.1 Å². The monoisotopic (exact) mass is 229 g/mol. The molecule has 0 spiro atoms. The van der Waals surface area contributed by atoms with E-state index >= 15 is 0 Å². The fourth-order valence-electron chi connectivity index (χ4n) is 2.20. The molecular weight excluding hydrogens is 210 g/mol. The highest BCUT2D eigenvalue weighted by Gasteiger charge is 2.33. The van der Waals surface area contributed by atoms with E-state index in [1.54, 1.807) is 4.90 Å². The van der Waals surface area contributed by atoms with Crippen molar-refractivity contribution in [1.29, 1.82) is 0 Å². The van der Waals surface area contributed by atoms with E-state index in [2.05, 4.69) is 4.74 Å². The van der Waals surface area contributed by atoms with E-state index in [-0.39, 0.29) is 30.6 Å². The SMILES string of the molecule is COC(=O)C[C@@H]1CCC[C@H](C)N1C(=O)OC. The van der Waals surface area contributed by atoms with Gasteiger partial charge in [0.15, 0.2) is 0 Å². The van der Waals surface area contributed by atoms with Crippen LogP contribution in [0.4, 0.5) is 4.79 Å². The summed E-state index contributed by atoms with van der Waals surface area (Å²) >= 11 is 0. The summed E-state index contributed by atoms with van der Waals surface area (Å²) in [5.41, 5.74) is 0. The molecule has 0 N–H and O–H groups in total. The number of ether oxygens (including phenoxy) is 2. The second-order valence-corrected chi connectivity index (χ2v) is 4.09. The Morgan fingerprint density at radius 2 is 1.94 bits per heavy atom. The van der Waals surface area contributed by atoms with E-state index < -0.39 is 0 Å². The van der Waals surface area contributed by atoms with E-state index in [4.69, 9.17) is 4.74 Å². The highest BCUT2D eigenvalue weighted by atomic mass is 16.5. The van der Waals surface area contributed by atoms with Crippen LogP contribution in [0.3, 0.4) is 0 Å². The van der Waals surface area contributed by atoms with Crippen LogP contribution in [0.25, 0.3) is 0 Å². The van der Waals surface area contributed by atoms with Crippen LogP contribution in [0.5, 0.6) is 0 Å². The lowest BCUT2D eigenvalue weighted by Gasteiger charge is -2.39. The lowest BCUT2D eigenvalue weighted by Crippen LogP contribution is -2.49. The van der Waals surface area contributed by atoms with Gasteiger partial charge in [-0.1, -0.05) is 0 Å². The third kappa shape index (κ3) is 2.87. The Labute approximate surface area is 95.7 Å². The number of piperidine rings is 1. The first-order valence-corrected chi connectivity index (χ1v) is 5.53. The number of carbonyl (C=O) groups is 2. The first-order valence-electron chi connectivity index (χ1n) is 5.53. The van der Waals surface area contributed by atoms with Crippen molar-refractivity contribution in [3.63, 3.8) is 0 Å². The minimum absolute atomic E-state index is 0.0938. The Balaban J connectivity index is 2.70. The molecule has 2 atom stereocenters. The zero-order chi connectivity index (χ0) is 12.1. The average molecular weight is 229 g/mol. The minimum atomic E-state index is -0.360. The first kappa shape index (κ1) is 12.8. The second kappa shape index (κ2) is 5.72. The van der Waals surface area contributed by atoms with Crippen LogP contribution in [0.1, 0.15) is 32.6 Å². The molecule has 0 aromatic carbocycles. The zero-order valence-electron chi connectivity index (χ0n) is 10.1. The van der Waals surface area contributed by atoms with Gasteiger partial charge < -0.3 is 14.4 Å². The van der Waals surface area contributed by atoms with Gasteiger partial charge in [0, 0.05) is 12.1 Å². The van der Waals surface area contributed by atoms with Gasteiger partial charge in [0.25, 0.3) is 0 Å². The molecule has 1 fully saturated rings. The molecule has 16 heavy (non-hydrogen) atoms. The van der Waals surface area contributed by atoms with E-state index in [1.807, 2.05) is 6.92 Å². The molecule has 0 aromatic heterocycles. The highest BCUT2D eigenvalue weighted by molar-refractivity contribution is 5.73. The van der Waals surface area contributed by atoms with Crippen molar-refractivity contribution in [2.24, 2.45) is 0 Å². The summed E-state index contributed by atoms with van der Waals surface area (Å²) in [6.07, 6.45) is 2.69. The minimum Gasteiger partial charge on any atom is -0.469 e. The standard InChI is InChI=1S/C11H19NO4/c1-8-5-4-6-9(7-10(13)15-2)12(8)11(14)16-3/h8-9H,4-7H2,1-3H3/t8-,9-/m0/s1. The highest BCUT2D eigenvalue weighted by Crippen LogP contribution is 2.25. The van der Waals surface area contributed by atoms with Gasteiger partial charge in [-0.25, -0.2) is 4.79 Å². The second-order valence-electron chi connectivity index (χ2n) is 4.09. The third-order valence-electron chi connectivity index (χ3n) is 3.04. The van der Waals surface area contributed by atoms with Crippen molar-refractivity contribution in [3.8, 4) is 0 Å². The van der Waals surface area contributed by atoms with E-state index in [0.29, 0.717) is 0 Å². The van der Waals surface area contributed by atoms with E-state index in [9.17, 15) is 9.59 Å². The van der Waals surface area contributed by atoms with Gasteiger partial charge in [0.1, 0.15) is 0 Å². The molecule has 1 heterocycles. The molecule has 0 saturated carbocycles. The van der Waals surface area contributed by atoms with Gasteiger partial charge in [-0.15, -0.1) is 0 Å². The van der Waals surface area contributed by atoms with Gasteiger partial charge in [0.2, 0.25) is 0 Å². The summed E-state index contributed by atoms with van der Waals surface area (Å²) in [6, 6.07) is 0.0273. The fourth-order valence-corrected chi connectivity index (χ4v) is 2.20. The van der Waals surface area contributed by atoms with Crippen LogP contribution in [-0.4, -0.2) is 43.3 Å². The number of hydrogen-bond acceptors (Lipinski definition) is 4. The predicted octanol–water partition coefficient (Wildman–Crippen LogP) is 1.56. The number of carbonyl (C=O) groups excluding carboxylic acids is 2. The molecule has 5 nitrogen and oxygen atoms in total. The molecule has 1 aliphatic heterocycles. The van der Waals surface area contributed by atoms with Gasteiger partial charge in [0.05, 0.1) is 20.6 Å². The largest absolute Gasteiger partial charge is 0.469 e. The molecule has 92 valence electrons. The Bertz CT molecular complexity index is 267. The van der Waals surface area contributed by atoms with E-state index in [1.165, 1.54) is 14.2 Å². The predicted molar refractivity (Wildman–Crippen MR) is 58.0 cm³/mol. The summed E-state index contributed by atoms with van der Waals surface area (Å²) in [5, 5.41) is 0. The lowest BCUT2D eigenvalue weighted by atomic mass is 9.95. The number of esters is 1. The summed E-state index contributed by atoms with van der Waals surface area (Å²) in [6.45, 7) is 1.97. The summed E-state index contributed by atoms with van der Waals surface area (Å²) < 4.78 is 9.37. The number of nitrogens with zero attached hydrogens (tertiary/aromatic N) is 1. The smallest absolute Gasteiger partial charge is 0.409 e. The molecular formula is C11H19NO4. The van der Waals surface area contributed by atoms with Crippen molar-refractivity contribution in [2.75, 3.05) is 14.2 Å². The fraction of sp³-hybridized carbons (Fsp3) is 0.818. The molecule has 5 heteroatoms. The molecule has 0 aromatic rings. The van der Waals surface area contributed by atoms with Crippen LogP contribution in [-0.2, 0) is 14.3 Å². The molecule has 1 aliphatic rings. The van der Waals surface area contributed by atoms with Crippen molar-refractivity contribution >= 4 is 12.1 Å². The molecule has 0 radical (unpaired) electrons. The Morgan fingerprint density at radius 3 is 2.50 bits per heavy atom. The third-order valence-corrected chi connectivity index (χ3v) is 3.04. The molecule has 1 amide bonds. The van der Waals surface area contributed by atoms with Crippen LogP contribution < -0.4 is 0 Å². The van der Waals surface area contributed by atoms with Gasteiger partial charge in [-0.05, 0) is 26.2 Å².